The van der Waals surface area contributed by atoms with Crippen LogP contribution in [-0.4, -0.2) is 42.7 Å². The summed E-state index contributed by atoms with van der Waals surface area (Å²) in [5, 5.41) is 3.62. The predicted molar refractivity (Wildman–Crippen MR) is 118 cm³/mol. The van der Waals surface area contributed by atoms with E-state index in [-0.39, 0.29) is 11.6 Å². The van der Waals surface area contributed by atoms with Crippen LogP contribution >= 0.6 is 11.6 Å². The van der Waals surface area contributed by atoms with Crippen molar-refractivity contribution in [3.63, 3.8) is 0 Å². The number of amides is 2. The van der Waals surface area contributed by atoms with Gasteiger partial charge in [0.25, 0.3) is 0 Å². The molecule has 0 atom stereocenters. The van der Waals surface area contributed by atoms with E-state index in [1.807, 2.05) is 23.1 Å². The summed E-state index contributed by atoms with van der Waals surface area (Å²) >= 11 is 5.92. The third-order valence-electron chi connectivity index (χ3n) is 5.92. The first kappa shape index (κ1) is 19.9. The van der Waals surface area contributed by atoms with E-state index in [0.29, 0.717) is 18.1 Å². The van der Waals surface area contributed by atoms with Gasteiger partial charge in [-0.3, -0.25) is 0 Å². The molecule has 0 bridgehead atoms. The number of piperidine rings is 1. The summed E-state index contributed by atoms with van der Waals surface area (Å²) in [4.78, 5) is 17.0. The number of rotatable bonds is 3. The topological polar surface area (TPSA) is 44.8 Å². The summed E-state index contributed by atoms with van der Waals surface area (Å²) in [5.41, 5.74) is 1.75. The number of hydrogen-bond donors (Lipinski definition) is 1. The van der Waals surface area contributed by atoms with E-state index in [1.54, 1.807) is 12.1 Å². The molecule has 2 heterocycles. The molecule has 0 aromatic heterocycles. The number of hydrogen-bond acceptors (Lipinski definition) is 3. The van der Waals surface area contributed by atoms with Crippen LogP contribution in [0.1, 0.15) is 32.6 Å². The van der Waals surface area contributed by atoms with Crippen molar-refractivity contribution >= 4 is 29.0 Å². The molecule has 2 aliphatic heterocycles. The third kappa shape index (κ3) is 4.45. The Kier molecular flexibility index (Phi) is 5.86. The number of nitrogens with one attached hydrogen (secondary N) is 1. The molecule has 4 rings (SSSR count). The molecule has 2 amide bonds. The second-order valence-corrected chi connectivity index (χ2v) is 8.35. The highest BCUT2D eigenvalue weighted by atomic mass is 35.5. The number of likely N-dealkylation sites (tertiary alicyclic amines) is 1. The van der Waals surface area contributed by atoms with E-state index in [0.717, 1.165) is 50.2 Å². The van der Waals surface area contributed by atoms with Gasteiger partial charge in [0.05, 0.1) is 5.69 Å². The van der Waals surface area contributed by atoms with Gasteiger partial charge in [0.1, 0.15) is 11.4 Å². The van der Waals surface area contributed by atoms with Gasteiger partial charge in [-0.05, 0) is 42.8 Å². The summed E-state index contributed by atoms with van der Waals surface area (Å²) in [7, 11) is 0. The minimum Gasteiger partial charge on any atom is -0.485 e. The van der Waals surface area contributed by atoms with Gasteiger partial charge in [-0.15, -0.1) is 0 Å². The fraction of sp³-hybridized carbons (Fsp3) is 0.435. The highest BCUT2D eigenvalue weighted by Crippen LogP contribution is 2.40. The van der Waals surface area contributed by atoms with E-state index in [9.17, 15) is 4.79 Å². The Hall–Kier alpha value is -2.40. The number of halogens is 1. The Morgan fingerprint density at radius 3 is 2.48 bits per heavy atom. The van der Waals surface area contributed by atoms with Crippen LogP contribution < -0.4 is 15.0 Å². The molecule has 0 aliphatic carbocycles. The maximum Gasteiger partial charge on any atom is 0.321 e. The predicted octanol–water partition coefficient (Wildman–Crippen LogP) is 5.41. The summed E-state index contributed by atoms with van der Waals surface area (Å²) in [6.45, 7) is 5.61. The summed E-state index contributed by atoms with van der Waals surface area (Å²) in [5.74, 6) is 0.970. The molecule has 29 heavy (non-hydrogen) atoms. The molecular formula is C23H28ClN3O2. The fourth-order valence-electron chi connectivity index (χ4n) is 4.26. The van der Waals surface area contributed by atoms with E-state index in [4.69, 9.17) is 16.3 Å². The van der Waals surface area contributed by atoms with Crippen LogP contribution in [0.25, 0.3) is 0 Å². The van der Waals surface area contributed by atoms with Gasteiger partial charge in [-0.25, -0.2) is 4.79 Å². The first-order valence-electron chi connectivity index (χ1n) is 10.4. The number of urea groups is 1. The molecule has 6 heteroatoms. The minimum atomic E-state index is -0.199. The molecule has 1 fully saturated rings. The number of carbonyl (C=O) groups excluding carboxylic acids is 1. The minimum absolute atomic E-state index is 0.0659. The van der Waals surface area contributed by atoms with Gasteiger partial charge in [0, 0.05) is 56.2 Å². The van der Waals surface area contributed by atoms with Crippen molar-refractivity contribution in [1.29, 1.82) is 0 Å². The lowest BCUT2D eigenvalue weighted by Gasteiger charge is -2.41. The quantitative estimate of drug-likeness (QED) is 0.732. The normalized spacial score (nSPS) is 18.0. The zero-order valence-corrected chi connectivity index (χ0v) is 17.6. The molecule has 1 N–H and O–H groups in total. The Bertz CT molecular complexity index is 847. The SMILES string of the molecule is CCCN1CCC2(CCN(C(=O)Nc3ccc(Cl)cc3)CC2)Oc2ccccc21. The maximum atomic E-state index is 12.7. The number of anilines is 2. The van der Waals surface area contributed by atoms with Crippen LogP contribution in [0.5, 0.6) is 5.75 Å². The van der Waals surface area contributed by atoms with Gasteiger partial charge in [0.15, 0.2) is 0 Å². The lowest BCUT2D eigenvalue weighted by Crippen LogP contribution is -2.51. The average molecular weight is 414 g/mol. The summed E-state index contributed by atoms with van der Waals surface area (Å²) in [6.07, 6.45) is 3.78. The molecular weight excluding hydrogens is 386 g/mol. The Balaban J connectivity index is 1.42. The highest BCUT2D eigenvalue weighted by molar-refractivity contribution is 6.30. The Morgan fingerprint density at radius 1 is 1.07 bits per heavy atom. The first-order valence-corrected chi connectivity index (χ1v) is 10.8. The number of benzene rings is 2. The maximum absolute atomic E-state index is 12.7. The second-order valence-electron chi connectivity index (χ2n) is 7.91. The molecule has 1 saturated heterocycles. The van der Waals surface area contributed by atoms with E-state index >= 15 is 0 Å². The van der Waals surface area contributed by atoms with Crippen LogP contribution in [0, 0.1) is 0 Å². The largest absolute Gasteiger partial charge is 0.485 e. The van der Waals surface area contributed by atoms with Crippen molar-refractivity contribution in [2.45, 2.75) is 38.2 Å². The molecule has 2 aliphatic rings. The van der Waals surface area contributed by atoms with Crippen LogP contribution in [0.2, 0.25) is 5.02 Å². The molecule has 0 unspecified atom stereocenters. The number of ether oxygens (including phenoxy) is 1. The molecule has 0 saturated carbocycles. The third-order valence-corrected chi connectivity index (χ3v) is 6.17. The molecule has 0 radical (unpaired) electrons. The van der Waals surface area contributed by atoms with Crippen LogP contribution in [-0.2, 0) is 0 Å². The van der Waals surface area contributed by atoms with Gasteiger partial charge < -0.3 is 19.9 Å². The molecule has 1 spiro atoms. The molecule has 154 valence electrons. The Labute approximate surface area is 177 Å². The second kappa shape index (κ2) is 8.54. The van der Waals surface area contributed by atoms with Crippen molar-refractivity contribution in [3.8, 4) is 5.75 Å². The molecule has 2 aromatic rings. The lowest BCUT2D eigenvalue weighted by atomic mass is 9.88. The Morgan fingerprint density at radius 2 is 1.76 bits per heavy atom. The fourth-order valence-corrected chi connectivity index (χ4v) is 4.38. The number of fused-ring (bicyclic) bond motifs is 1. The lowest BCUT2D eigenvalue weighted by molar-refractivity contribution is 0.0110. The van der Waals surface area contributed by atoms with Crippen molar-refractivity contribution in [2.75, 3.05) is 36.4 Å². The standard InChI is InChI=1S/C23H28ClN3O2/c1-2-14-26-15-11-23(29-21-6-4-3-5-20(21)26)12-16-27(17-13-23)22(28)25-19-9-7-18(24)8-10-19/h3-10H,2,11-17H2,1H3,(H,25,28). The summed E-state index contributed by atoms with van der Waals surface area (Å²) < 4.78 is 6.61. The zero-order valence-electron chi connectivity index (χ0n) is 16.9. The van der Waals surface area contributed by atoms with E-state index < -0.39 is 0 Å². The molecule has 2 aromatic carbocycles. The average Bonchev–Trinajstić information content (AvgIpc) is 2.88. The van der Waals surface area contributed by atoms with E-state index in [1.165, 1.54) is 5.69 Å². The smallest absolute Gasteiger partial charge is 0.321 e. The monoisotopic (exact) mass is 413 g/mol. The van der Waals surface area contributed by atoms with Crippen LogP contribution in [0.4, 0.5) is 16.2 Å². The van der Waals surface area contributed by atoms with Crippen LogP contribution in [0.15, 0.2) is 48.5 Å². The highest BCUT2D eigenvalue weighted by Gasteiger charge is 2.40. The molecule has 5 nitrogen and oxygen atoms in total. The van der Waals surface area contributed by atoms with Crippen molar-refractivity contribution in [3.05, 3.63) is 53.6 Å². The number of nitrogens with zero attached hydrogens (tertiary/aromatic N) is 2. The van der Waals surface area contributed by atoms with Crippen molar-refractivity contribution in [2.24, 2.45) is 0 Å². The van der Waals surface area contributed by atoms with Crippen molar-refractivity contribution < 1.29 is 9.53 Å². The summed E-state index contributed by atoms with van der Waals surface area (Å²) in [6, 6.07) is 15.5. The van der Waals surface area contributed by atoms with Gasteiger partial charge in [0.2, 0.25) is 0 Å². The number of para-hydroxylation sites is 2. The van der Waals surface area contributed by atoms with Crippen LogP contribution in [0.3, 0.4) is 0 Å². The first-order chi connectivity index (χ1) is 14.1. The van der Waals surface area contributed by atoms with E-state index in [2.05, 4.69) is 35.3 Å². The zero-order chi connectivity index (χ0) is 20.3. The van der Waals surface area contributed by atoms with Crippen molar-refractivity contribution in [1.82, 2.24) is 4.90 Å². The van der Waals surface area contributed by atoms with Gasteiger partial charge >= 0.3 is 6.03 Å². The van der Waals surface area contributed by atoms with Gasteiger partial charge in [-0.2, -0.15) is 0 Å². The van der Waals surface area contributed by atoms with Gasteiger partial charge in [-0.1, -0.05) is 30.7 Å². The number of carbonyl (C=O) groups is 1.